The number of esters is 1. The lowest BCUT2D eigenvalue weighted by Crippen LogP contribution is -2.14. The molecule has 0 aliphatic carbocycles. The summed E-state index contributed by atoms with van der Waals surface area (Å²) in [6.07, 6.45) is 1.44. The third-order valence-electron chi connectivity index (χ3n) is 3.83. The van der Waals surface area contributed by atoms with Gasteiger partial charge in [-0.1, -0.05) is 18.2 Å². The quantitative estimate of drug-likeness (QED) is 0.517. The molecule has 0 spiro atoms. The van der Waals surface area contributed by atoms with Crippen LogP contribution in [0.1, 0.15) is 21.5 Å². The van der Waals surface area contributed by atoms with E-state index in [1.165, 1.54) is 18.3 Å². The van der Waals surface area contributed by atoms with E-state index in [0.29, 0.717) is 27.8 Å². The number of rotatable bonds is 5. The van der Waals surface area contributed by atoms with E-state index >= 15 is 0 Å². The van der Waals surface area contributed by atoms with Crippen molar-refractivity contribution in [2.24, 2.45) is 0 Å². The molecule has 1 aromatic heterocycles. The minimum absolute atomic E-state index is 0.0314. The molecule has 0 N–H and O–H groups in total. The number of benzene rings is 2. The van der Waals surface area contributed by atoms with Crippen LogP contribution >= 0.6 is 0 Å². The van der Waals surface area contributed by atoms with Gasteiger partial charge in [-0.25, -0.2) is 9.18 Å². The number of hydrogen-bond donors (Lipinski definition) is 0. The monoisotopic (exact) mass is 350 g/mol. The van der Waals surface area contributed by atoms with Crippen molar-refractivity contribution in [3.05, 3.63) is 71.2 Å². The van der Waals surface area contributed by atoms with Gasteiger partial charge >= 0.3 is 5.97 Å². The minimum atomic E-state index is -0.620. The summed E-state index contributed by atoms with van der Waals surface area (Å²) in [5.41, 5.74) is 1.81. The second kappa shape index (κ2) is 7.62. The fraction of sp³-hybridized carbons (Fsp3) is 0.150. The summed E-state index contributed by atoms with van der Waals surface area (Å²) in [6.45, 7) is 1.73. The van der Waals surface area contributed by atoms with Crippen molar-refractivity contribution < 1.29 is 18.7 Å². The van der Waals surface area contributed by atoms with Gasteiger partial charge in [0.25, 0.3) is 0 Å². The molecule has 130 valence electrons. The zero-order chi connectivity index (χ0) is 18.5. The lowest BCUT2D eigenvalue weighted by atomic mass is 10.1. The Morgan fingerprint density at radius 3 is 2.85 bits per heavy atom. The van der Waals surface area contributed by atoms with Gasteiger partial charge in [-0.05, 0) is 36.8 Å². The molecule has 3 aromatic rings. The standard InChI is InChI=1S/C20H15FN2O3/c1-13-6-7-15(21)10-17(13)20(24)26-9-8-25-19-14(11-22)12-23-18-5-3-2-4-16(18)19/h2-7,10,12H,8-9H2,1H3. The first-order valence-electron chi connectivity index (χ1n) is 7.94. The first-order valence-corrected chi connectivity index (χ1v) is 7.94. The number of para-hydroxylation sites is 1. The van der Waals surface area contributed by atoms with Gasteiger partial charge in [0.1, 0.15) is 36.4 Å². The van der Waals surface area contributed by atoms with Gasteiger partial charge in [0.2, 0.25) is 0 Å². The van der Waals surface area contributed by atoms with E-state index in [9.17, 15) is 14.4 Å². The highest BCUT2D eigenvalue weighted by molar-refractivity contribution is 5.91. The van der Waals surface area contributed by atoms with Crippen LogP contribution in [0.15, 0.2) is 48.7 Å². The Labute approximate surface area is 149 Å². The number of halogens is 1. The van der Waals surface area contributed by atoms with E-state index in [0.717, 1.165) is 6.07 Å². The lowest BCUT2D eigenvalue weighted by molar-refractivity contribution is 0.0450. The summed E-state index contributed by atoms with van der Waals surface area (Å²) in [4.78, 5) is 16.3. The van der Waals surface area contributed by atoms with Crippen LogP contribution in [-0.2, 0) is 4.74 Å². The van der Waals surface area contributed by atoms with E-state index in [2.05, 4.69) is 4.98 Å². The van der Waals surface area contributed by atoms with Crippen LogP contribution in [0.4, 0.5) is 4.39 Å². The zero-order valence-corrected chi connectivity index (χ0v) is 14.0. The van der Waals surface area contributed by atoms with Gasteiger partial charge in [0, 0.05) is 11.6 Å². The molecule has 6 heteroatoms. The number of ether oxygens (including phenoxy) is 2. The van der Waals surface area contributed by atoms with E-state index in [1.54, 1.807) is 13.0 Å². The average Bonchev–Trinajstić information content (AvgIpc) is 2.66. The fourth-order valence-corrected chi connectivity index (χ4v) is 2.52. The minimum Gasteiger partial charge on any atom is -0.488 e. The summed E-state index contributed by atoms with van der Waals surface area (Å²) in [5, 5.41) is 9.94. The predicted octanol–water partition coefficient (Wildman–Crippen LogP) is 3.79. The number of hydrogen-bond acceptors (Lipinski definition) is 5. The van der Waals surface area contributed by atoms with Gasteiger partial charge in [0.05, 0.1) is 11.1 Å². The number of pyridine rings is 1. The van der Waals surface area contributed by atoms with Crippen LogP contribution in [0.25, 0.3) is 10.9 Å². The highest BCUT2D eigenvalue weighted by atomic mass is 19.1. The van der Waals surface area contributed by atoms with Gasteiger partial charge in [-0.3, -0.25) is 4.98 Å². The summed E-state index contributed by atoms with van der Waals surface area (Å²) in [5.74, 6) is -0.720. The zero-order valence-electron chi connectivity index (χ0n) is 14.0. The molecule has 5 nitrogen and oxygen atoms in total. The molecule has 3 rings (SSSR count). The Kier molecular flexibility index (Phi) is 5.09. The highest BCUT2D eigenvalue weighted by Crippen LogP contribution is 2.27. The molecule has 0 aliphatic heterocycles. The maximum Gasteiger partial charge on any atom is 0.338 e. The molecule has 0 unspecified atom stereocenters. The average molecular weight is 350 g/mol. The van der Waals surface area contributed by atoms with E-state index in [1.807, 2.05) is 24.3 Å². The molecule has 2 aromatic carbocycles. The lowest BCUT2D eigenvalue weighted by Gasteiger charge is -2.11. The maximum atomic E-state index is 13.3. The summed E-state index contributed by atoms with van der Waals surface area (Å²) in [6, 6.07) is 13.3. The van der Waals surface area contributed by atoms with Crippen molar-refractivity contribution >= 4 is 16.9 Å². The SMILES string of the molecule is Cc1ccc(F)cc1C(=O)OCCOc1c(C#N)cnc2ccccc12. The Morgan fingerprint density at radius 2 is 2.04 bits per heavy atom. The summed E-state index contributed by atoms with van der Waals surface area (Å²) < 4.78 is 24.1. The molecule has 0 saturated heterocycles. The number of carbonyl (C=O) groups is 1. The summed E-state index contributed by atoms with van der Waals surface area (Å²) in [7, 11) is 0. The number of carbonyl (C=O) groups excluding carboxylic acids is 1. The molecule has 0 atom stereocenters. The number of nitrogens with zero attached hydrogens (tertiary/aromatic N) is 2. The first kappa shape index (κ1) is 17.4. The van der Waals surface area contributed by atoms with Gasteiger partial charge in [-0.15, -0.1) is 0 Å². The molecular weight excluding hydrogens is 335 g/mol. The van der Waals surface area contributed by atoms with Crippen LogP contribution < -0.4 is 4.74 Å². The Bertz CT molecular complexity index is 1010. The third kappa shape index (κ3) is 3.62. The Hall–Kier alpha value is -3.46. The smallest absolute Gasteiger partial charge is 0.338 e. The molecular formula is C20H15FN2O3. The van der Waals surface area contributed by atoms with Crippen LogP contribution in [0, 0.1) is 24.1 Å². The van der Waals surface area contributed by atoms with Crippen LogP contribution in [-0.4, -0.2) is 24.2 Å². The highest BCUT2D eigenvalue weighted by Gasteiger charge is 2.13. The van der Waals surface area contributed by atoms with Crippen molar-refractivity contribution in [3.63, 3.8) is 0 Å². The van der Waals surface area contributed by atoms with Gasteiger partial charge in [0.15, 0.2) is 0 Å². The molecule has 0 aliphatic rings. The van der Waals surface area contributed by atoms with Crippen LogP contribution in [0.5, 0.6) is 5.75 Å². The largest absolute Gasteiger partial charge is 0.488 e. The number of fused-ring (bicyclic) bond motifs is 1. The number of aryl methyl sites for hydroxylation is 1. The van der Waals surface area contributed by atoms with Crippen molar-refractivity contribution in [3.8, 4) is 11.8 Å². The van der Waals surface area contributed by atoms with Crippen LogP contribution in [0.2, 0.25) is 0 Å². The van der Waals surface area contributed by atoms with Crippen LogP contribution in [0.3, 0.4) is 0 Å². The van der Waals surface area contributed by atoms with Crippen molar-refractivity contribution in [2.75, 3.05) is 13.2 Å². The molecule has 0 saturated carbocycles. The number of aromatic nitrogens is 1. The second-order valence-corrected chi connectivity index (χ2v) is 5.57. The van der Waals surface area contributed by atoms with Crippen molar-refractivity contribution in [2.45, 2.75) is 6.92 Å². The maximum absolute atomic E-state index is 13.3. The topological polar surface area (TPSA) is 72.2 Å². The molecule has 26 heavy (non-hydrogen) atoms. The molecule has 0 fully saturated rings. The Balaban J connectivity index is 1.67. The van der Waals surface area contributed by atoms with Crippen molar-refractivity contribution in [1.82, 2.24) is 4.98 Å². The van der Waals surface area contributed by atoms with Gasteiger partial charge < -0.3 is 9.47 Å². The fourth-order valence-electron chi connectivity index (χ4n) is 2.52. The molecule has 0 radical (unpaired) electrons. The molecule has 0 bridgehead atoms. The molecule has 1 heterocycles. The van der Waals surface area contributed by atoms with E-state index in [-0.39, 0.29) is 18.8 Å². The second-order valence-electron chi connectivity index (χ2n) is 5.57. The van der Waals surface area contributed by atoms with Crippen molar-refractivity contribution in [1.29, 1.82) is 5.26 Å². The Morgan fingerprint density at radius 1 is 1.23 bits per heavy atom. The van der Waals surface area contributed by atoms with E-state index in [4.69, 9.17) is 9.47 Å². The normalized spacial score (nSPS) is 10.3. The number of nitriles is 1. The predicted molar refractivity (Wildman–Crippen MR) is 93.4 cm³/mol. The third-order valence-corrected chi connectivity index (χ3v) is 3.83. The molecule has 0 amide bonds. The first-order chi connectivity index (χ1) is 12.6. The summed E-state index contributed by atoms with van der Waals surface area (Å²) >= 11 is 0. The van der Waals surface area contributed by atoms with E-state index < -0.39 is 11.8 Å². The van der Waals surface area contributed by atoms with Gasteiger partial charge in [-0.2, -0.15) is 5.26 Å².